The number of nitrogens with zero attached hydrogens (tertiary/aromatic N) is 2. The Morgan fingerprint density at radius 2 is 1.93 bits per heavy atom. The third-order valence-electron chi connectivity index (χ3n) is 1.51. The predicted octanol–water partition coefficient (Wildman–Crippen LogP) is 2.27. The van der Waals surface area contributed by atoms with E-state index in [1.165, 1.54) is 18.1 Å². The Hall–Kier alpha value is 0.880. The minimum absolute atomic E-state index is 0.502. The van der Waals surface area contributed by atoms with Crippen LogP contribution in [0.5, 0.6) is 0 Å². The molecule has 80 valence electrons. The second kappa shape index (κ2) is 4.40. The van der Waals surface area contributed by atoms with E-state index in [0.717, 1.165) is 7.88 Å². The highest BCUT2D eigenvalue weighted by molar-refractivity contribution is 14.1. The van der Waals surface area contributed by atoms with Gasteiger partial charge in [0.15, 0.2) is 0 Å². The van der Waals surface area contributed by atoms with E-state index in [4.69, 9.17) is 0 Å². The molecule has 0 aromatic carbocycles. The minimum atomic E-state index is -3.47. The van der Waals surface area contributed by atoms with Gasteiger partial charge in [-0.3, -0.25) is 0 Å². The Balaban J connectivity index is 3.48. The van der Waals surface area contributed by atoms with Crippen molar-refractivity contribution in [3.05, 3.63) is 18.8 Å². The third-order valence-corrected chi connectivity index (χ3v) is 6.67. The van der Waals surface area contributed by atoms with Gasteiger partial charge < -0.3 is 0 Å². The van der Waals surface area contributed by atoms with Crippen molar-refractivity contribution >= 4 is 64.7 Å². The summed E-state index contributed by atoms with van der Waals surface area (Å²) in [4.78, 5) is 0. The topological polar surface area (TPSA) is 42.3 Å². The largest absolute Gasteiger partial charge is 0.308 e. The zero-order valence-electron chi connectivity index (χ0n) is 7.33. The number of hydrogen-bond donors (Lipinski definition) is 0. The zero-order valence-corrected chi connectivity index (χ0v) is 13.5. The van der Waals surface area contributed by atoms with Crippen LogP contribution in [0.3, 0.4) is 0 Å². The summed E-state index contributed by atoms with van der Waals surface area (Å²) >= 11 is 8.47. The molecule has 1 rings (SSSR count). The van der Waals surface area contributed by atoms with Crippen molar-refractivity contribution in [2.45, 2.75) is 0 Å². The molecule has 1 aromatic heterocycles. The summed E-state index contributed by atoms with van der Waals surface area (Å²) in [6.45, 7) is 0. The molecule has 1 heterocycles. The van der Waals surface area contributed by atoms with Gasteiger partial charge in [-0.2, -0.15) is 12.7 Å². The normalized spacial score (nSPS) is 12.4. The second-order valence-corrected chi connectivity index (χ2v) is 7.38. The van der Waals surface area contributed by atoms with E-state index >= 15 is 0 Å². The van der Waals surface area contributed by atoms with Crippen molar-refractivity contribution < 1.29 is 8.42 Å². The summed E-state index contributed by atoms with van der Waals surface area (Å²) in [5.41, 5.74) is 0. The van der Waals surface area contributed by atoms with Crippen LogP contribution in [0.25, 0.3) is 0 Å². The molecule has 0 radical (unpaired) electrons. The van der Waals surface area contributed by atoms with Gasteiger partial charge in [0.25, 0.3) is 0 Å². The molecule has 0 N–H and O–H groups in total. The van der Waals surface area contributed by atoms with Gasteiger partial charge in [-0.1, -0.05) is 0 Å². The zero-order chi connectivity index (χ0) is 11.1. The third kappa shape index (κ3) is 2.18. The van der Waals surface area contributed by atoms with Gasteiger partial charge >= 0.3 is 10.2 Å². The fraction of sp³-hybridized carbons (Fsp3) is 0.333. The molecule has 0 fully saturated rings. The molecular weight excluding hydrogens is 451 g/mol. The van der Waals surface area contributed by atoms with Crippen molar-refractivity contribution in [3.8, 4) is 0 Å². The molecule has 0 saturated carbocycles. The molecule has 0 aliphatic carbocycles. The average Bonchev–Trinajstić information content (AvgIpc) is 2.26. The van der Waals surface area contributed by atoms with Gasteiger partial charge in [-0.05, 0) is 60.5 Å². The van der Waals surface area contributed by atoms with Crippen LogP contribution < -0.4 is 0 Å². The summed E-state index contributed by atoms with van der Waals surface area (Å²) in [6.07, 6.45) is 0. The van der Waals surface area contributed by atoms with Crippen LogP contribution in [0.1, 0.15) is 0 Å². The van der Waals surface area contributed by atoms with E-state index in [9.17, 15) is 8.42 Å². The highest BCUT2D eigenvalue weighted by Gasteiger charge is 2.23. The smallest absolute Gasteiger partial charge is 0.211 e. The molecule has 4 nitrogen and oxygen atoms in total. The lowest BCUT2D eigenvalue weighted by Gasteiger charge is -2.14. The van der Waals surface area contributed by atoms with Gasteiger partial charge in [0, 0.05) is 17.7 Å². The monoisotopic (exact) mass is 456 g/mol. The minimum Gasteiger partial charge on any atom is -0.211 e. The van der Waals surface area contributed by atoms with E-state index in [2.05, 4.69) is 54.5 Å². The van der Waals surface area contributed by atoms with Crippen molar-refractivity contribution in [1.29, 1.82) is 0 Å². The van der Waals surface area contributed by atoms with Crippen LogP contribution >= 0.6 is 54.5 Å². The maximum atomic E-state index is 11.8. The summed E-state index contributed by atoms with van der Waals surface area (Å²) in [5.74, 6) is 0. The maximum Gasteiger partial charge on any atom is 0.308 e. The fourth-order valence-corrected chi connectivity index (χ4v) is 4.86. The van der Waals surface area contributed by atoms with Crippen molar-refractivity contribution in [2.24, 2.45) is 0 Å². The van der Waals surface area contributed by atoms with E-state index < -0.39 is 10.2 Å². The van der Waals surface area contributed by atoms with Gasteiger partial charge in [0.1, 0.15) is 9.21 Å². The van der Waals surface area contributed by atoms with Crippen LogP contribution in [0.2, 0.25) is 0 Å². The maximum absolute atomic E-state index is 11.8. The van der Waals surface area contributed by atoms with Crippen molar-refractivity contribution in [2.75, 3.05) is 14.1 Å². The van der Waals surface area contributed by atoms with Crippen LogP contribution in [0, 0.1) is 3.57 Å². The summed E-state index contributed by atoms with van der Waals surface area (Å²) in [5, 5.41) is 0. The molecule has 0 aliphatic heterocycles. The molecule has 1 aromatic rings. The van der Waals surface area contributed by atoms with E-state index in [0.29, 0.717) is 9.21 Å². The Morgan fingerprint density at radius 3 is 2.21 bits per heavy atom. The van der Waals surface area contributed by atoms with Gasteiger partial charge in [-0.25, -0.2) is 3.97 Å². The van der Waals surface area contributed by atoms with Crippen molar-refractivity contribution in [1.82, 2.24) is 8.28 Å². The first-order valence-electron chi connectivity index (χ1n) is 3.43. The highest BCUT2D eigenvalue weighted by Crippen LogP contribution is 2.29. The molecule has 0 spiro atoms. The Labute approximate surface area is 113 Å². The number of halogens is 3. The molecule has 0 unspecified atom stereocenters. The molecule has 8 heteroatoms. The molecule has 0 atom stereocenters. The van der Waals surface area contributed by atoms with Crippen LogP contribution in [-0.4, -0.2) is 30.8 Å². The lowest BCUT2D eigenvalue weighted by molar-refractivity contribution is 0.509. The SMILES string of the molecule is CN(C)S(=O)(=O)n1c(Br)cc(I)c1Br. The molecule has 0 bridgehead atoms. The van der Waals surface area contributed by atoms with Gasteiger partial charge in [0.05, 0.1) is 0 Å². The Morgan fingerprint density at radius 1 is 1.43 bits per heavy atom. The quantitative estimate of drug-likeness (QED) is 0.639. The molecule has 0 aliphatic rings. The van der Waals surface area contributed by atoms with E-state index in [1.807, 2.05) is 0 Å². The second-order valence-electron chi connectivity index (χ2n) is 2.66. The lowest BCUT2D eigenvalue weighted by Crippen LogP contribution is -2.29. The van der Waals surface area contributed by atoms with Gasteiger partial charge in [-0.15, -0.1) is 0 Å². The lowest BCUT2D eigenvalue weighted by atomic mass is 10.7. The van der Waals surface area contributed by atoms with Crippen LogP contribution in [0.4, 0.5) is 0 Å². The molecule has 0 amide bonds. The molecular formula is C6H7Br2IN2O2S. The molecule has 0 saturated heterocycles. The van der Waals surface area contributed by atoms with Crippen LogP contribution in [0.15, 0.2) is 15.3 Å². The predicted molar refractivity (Wildman–Crippen MR) is 70.6 cm³/mol. The van der Waals surface area contributed by atoms with E-state index in [1.54, 1.807) is 6.07 Å². The Bertz CT molecular complexity index is 455. The van der Waals surface area contributed by atoms with Gasteiger partial charge in [0.2, 0.25) is 0 Å². The summed E-state index contributed by atoms with van der Waals surface area (Å²) in [7, 11) is -0.492. The molecule has 14 heavy (non-hydrogen) atoms. The number of hydrogen-bond acceptors (Lipinski definition) is 2. The van der Waals surface area contributed by atoms with Crippen LogP contribution in [-0.2, 0) is 10.2 Å². The summed E-state index contributed by atoms with van der Waals surface area (Å²) < 4.78 is 27.8. The average molecular weight is 458 g/mol. The van der Waals surface area contributed by atoms with E-state index in [-0.39, 0.29) is 0 Å². The first-order valence-corrected chi connectivity index (χ1v) is 7.50. The van der Waals surface area contributed by atoms with Crippen molar-refractivity contribution in [3.63, 3.8) is 0 Å². The fourth-order valence-electron chi connectivity index (χ4n) is 0.788. The standard InChI is InChI=1S/C6H7Br2IN2O2S/c1-10(2)14(12,13)11-5(7)3-4(9)6(11)8/h3H,1-2H3. The first-order chi connectivity index (χ1) is 6.28. The number of aromatic nitrogens is 1. The number of rotatable bonds is 2. The first kappa shape index (κ1) is 12.9. The Kier molecular flexibility index (Phi) is 4.07. The highest BCUT2D eigenvalue weighted by atomic mass is 127. The summed E-state index contributed by atoms with van der Waals surface area (Å²) in [6, 6.07) is 1.73.